The highest BCUT2D eigenvalue weighted by Gasteiger charge is 2.16. The van der Waals surface area contributed by atoms with Crippen LogP contribution in [-0.4, -0.2) is 16.5 Å². The molecule has 0 amide bonds. The van der Waals surface area contributed by atoms with Gasteiger partial charge in [0.05, 0.1) is 0 Å². The van der Waals surface area contributed by atoms with Gasteiger partial charge >= 0.3 is 0 Å². The van der Waals surface area contributed by atoms with E-state index in [-0.39, 0.29) is 5.95 Å². The maximum Gasteiger partial charge on any atom is 0.220 e. The summed E-state index contributed by atoms with van der Waals surface area (Å²) in [7, 11) is 0. The molecule has 0 spiro atoms. The van der Waals surface area contributed by atoms with Gasteiger partial charge in [-0.15, -0.1) is 0 Å². The van der Waals surface area contributed by atoms with Gasteiger partial charge in [-0.2, -0.15) is 0 Å². The summed E-state index contributed by atoms with van der Waals surface area (Å²) in [6.45, 7) is 1.82. The van der Waals surface area contributed by atoms with Gasteiger partial charge in [0.1, 0.15) is 11.5 Å². The Labute approximate surface area is 92.7 Å². The Morgan fingerprint density at radius 2 is 2.38 bits per heavy atom. The van der Waals surface area contributed by atoms with Crippen LogP contribution in [0.5, 0.6) is 0 Å². The standard InChI is InChI=1S/C11H12N4O/c12-11-14-4-1-8(15-11)10-5-7-6-13-3-2-9(7)16-10/h1,4-5,13H,2-3,6H2,(H2,12,14,15). The second-order valence-corrected chi connectivity index (χ2v) is 3.79. The minimum Gasteiger partial charge on any atom is -0.459 e. The summed E-state index contributed by atoms with van der Waals surface area (Å²) in [6.07, 6.45) is 2.56. The van der Waals surface area contributed by atoms with Gasteiger partial charge in [0.15, 0.2) is 5.76 Å². The van der Waals surface area contributed by atoms with Gasteiger partial charge in [-0.1, -0.05) is 0 Å². The van der Waals surface area contributed by atoms with Crippen LogP contribution in [0.1, 0.15) is 11.3 Å². The molecule has 3 N–H and O–H groups in total. The molecular weight excluding hydrogens is 204 g/mol. The normalized spacial score (nSPS) is 14.8. The number of hydrogen-bond acceptors (Lipinski definition) is 5. The fourth-order valence-electron chi connectivity index (χ4n) is 1.89. The van der Waals surface area contributed by atoms with Gasteiger partial charge in [-0.05, 0) is 12.1 Å². The number of nitrogen functional groups attached to an aromatic ring is 1. The fraction of sp³-hybridized carbons (Fsp3) is 0.273. The van der Waals surface area contributed by atoms with Crippen LogP contribution in [0.4, 0.5) is 5.95 Å². The van der Waals surface area contributed by atoms with Crippen LogP contribution in [0.15, 0.2) is 22.7 Å². The molecule has 5 nitrogen and oxygen atoms in total. The maximum atomic E-state index is 5.76. The Morgan fingerprint density at radius 1 is 1.44 bits per heavy atom. The number of anilines is 1. The number of nitrogens with zero attached hydrogens (tertiary/aromatic N) is 2. The predicted molar refractivity (Wildman–Crippen MR) is 59.6 cm³/mol. The second-order valence-electron chi connectivity index (χ2n) is 3.79. The van der Waals surface area contributed by atoms with Crippen LogP contribution in [0, 0.1) is 0 Å². The summed E-state index contributed by atoms with van der Waals surface area (Å²) in [5.74, 6) is 2.08. The van der Waals surface area contributed by atoms with Crippen LogP contribution in [0.3, 0.4) is 0 Å². The first-order chi connectivity index (χ1) is 7.83. The molecule has 0 radical (unpaired) electrons. The van der Waals surface area contributed by atoms with Crippen LogP contribution >= 0.6 is 0 Å². The average molecular weight is 216 g/mol. The SMILES string of the molecule is Nc1nccc(-c2cc3c(o2)CCNC3)n1. The highest BCUT2D eigenvalue weighted by molar-refractivity contribution is 5.55. The minimum atomic E-state index is 0.269. The van der Waals surface area contributed by atoms with Gasteiger partial charge in [-0.25, -0.2) is 9.97 Å². The molecule has 0 saturated heterocycles. The zero-order valence-corrected chi connectivity index (χ0v) is 8.73. The molecular formula is C11H12N4O. The summed E-state index contributed by atoms with van der Waals surface area (Å²) in [4.78, 5) is 8.00. The van der Waals surface area contributed by atoms with Crippen molar-refractivity contribution >= 4 is 5.95 Å². The Hall–Kier alpha value is -1.88. The molecule has 0 atom stereocenters. The number of rotatable bonds is 1. The van der Waals surface area contributed by atoms with E-state index >= 15 is 0 Å². The molecule has 1 aliphatic heterocycles. The molecule has 16 heavy (non-hydrogen) atoms. The summed E-state index contributed by atoms with van der Waals surface area (Å²) >= 11 is 0. The largest absolute Gasteiger partial charge is 0.459 e. The lowest BCUT2D eigenvalue weighted by Gasteiger charge is -2.09. The number of fused-ring (bicyclic) bond motifs is 1. The van der Waals surface area contributed by atoms with Crippen molar-refractivity contribution in [2.24, 2.45) is 0 Å². The maximum absolute atomic E-state index is 5.76. The molecule has 3 rings (SSSR count). The van der Waals surface area contributed by atoms with Crippen LogP contribution in [-0.2, 0) is 13.0 Å². The zero-order valence-electron chi connectivity index (χ0n) is 8.73. The van der Waals surface area contributed by atoms with Gasteiger partial charge in [0.2, 0.25) is 5.95 Å². The van der Waals surface area contributed by atoms with Crippen molar-refractivity contribution in [1.29, 1.82) is 0 Å². The summed E-state index contributed by atoms with van der Waals surface area (Å²) in [5, 5.41) is 3.30. The van der Waals surface area contributed by atoms with E-state index in [1.807, 2.05) is 6.07 Å². The first kappa shape index (κ1) is 9.35. The van der Waals surface area contributed by atoms with Crippen LogP contribution in [0.2, 0.25) is 0 Å². The molecule has 2 aromatic rings. The Kier molecular flexibility index (Phi) is 2.11. The van der Waals surface area contributed by atoms with Crippen molar-refractivity contribution < 1.29 is 4.42 Å². The van der Waals surface area contributed by atoms with E-state index in [0.29, 0.717) is 0 Å². The summed E-state index contributed by atoms with van der Waals surface area (Å²) in [6, 6.07) is 3.82. The van der Waals surface area contributed by atoms with E-state index in [4.69, 9.17) is 10.2 Å². The Morgan fingerprint density at radius 3 is 3.19 bits per heavy atom. The lowest BCUT2D eigenvalue weighted by atomic mass is 10.1. The Bertz CT molecular complexity index is 497. The summed E-state index contributed by atoms with van der Waals surface area (Å²) < 4.78 is 5.76. The third-order valence-corrected chi connectivity index (χ3v) is 2.67. The molecule has 2 aromatic heterocycles. The quantitative estimate of drug-likeness (QED) is 0.742. The molecule has 0 saturated carbocycles. The molecule has 0 bridgehead atoms. The molecule has 5 heteroatoms. The van der Waals surface area contributed by atoms with Crippen molar-refractivity contribution in [3.8, 4) is 11.5 Å². The molecule has 1 aliphatic rings. The summed E-state index contributed by atoms with van der Waals surface area (Å²) in [5.41, 5.74) is 7.49. The van der Waals surface area contributed by atoms with Crippen LogP contribution < -0.4 is 11.1 Å². The van der Waals surface area contributed by atoms with E-state index in [0.717, 1.165) is 36.7 Å². The molecule has 0 unspecified atom stereocenters. The van der Waals surface area contributed by atoms with Crippen molar-refractivity contribution in [3.63, 3.8) is 0 Å². The third-order valence-electron chi connectivity index (χ3n) is 2.67. The predicted octanol–water partition coefficient (Wildman–Crippen LogP) is 0.964. The van der Waals surface area contributed by atoms with Gasteiger partial charge in [0.25, 0.3) is 0 Å². The van der Waals surface area contributed by atoms with Crippen LogP contribution in [0.25, 0.3) is 11.5 Å². The lowest BCUT2D eigenvalue weighted by Crippen LogP contribution is -2.22. The molecule has 0 aliphatic carbocycles. The lowest BCUT2D eigenvalue weighted by molar-refractivity contribution is 0.482. The molecule has 0 fully saturated rings. The van der Waals surface area contributed by atoms with E-state index in [9.17, 15) is 0 Å². The van der Waals surface area contributed by atoms with Gasteiger partial charge in [0, 0.05) is 31.3 Å². The Balaban J connectivity index is 2.03. The smallest absolute Gasteiger partial charge is 0.220 e. The topological polar surface area (TPSA) is 77.0 Å². The monoisotopic (exact) mass is 216 g/mol. The highest BCUT2D eigenvalue weighted by Crippen LogP contribution is 2.26. The third kappa shape index (κ3) is 1.55. The first-order valence-corrected chi connectivity index (χ1v) is 5.24. The van der Waals surface area contributed by atoms with E-state index < -0.39 is 0 Å². The average Bonchev–Trinajstić information content (AvgIpc) is 2.72. The number of furan rings is 1. The molecule has 0 aromatic carbocycles. The molecule has 82 valence electrons. The highest BCUT2D eigenvalue weighted by atomic mass is 16.3. The van der Waals surface area contributed by atoms with Gasteiger partial charge < -0.3 is 15.5 Å². The zero-order chi connectivity index (χ0) is 11.0. The van der Waals surface area contributed by atoms with Gasteiger partial charge in [-0.3, -0.25) is 0 Å². The van der Waals surface area contributed by atoms with Crippen molar-refractivity contribution in [2.45, 2.75) is 13.0 Å². The minimum absolute atomic E-state index is 0.269. The number of nitrogens with two attached hydrogens (primary N) is 1. The van der Waals surface area contributed by atoms with Crippen molar-refractivity contribution in [2.75, 3.05) is 12.3 Å². The number of nitrogens with one attached hydrogen (secondary N) is 1. The van der Waals surface area contributed by atoms with E-state index in [2.05, 4.69) is 15.3 Å². The fourth-order valence-corrected chi connectivity index (χ4v) is 1.89. The van der Waals surface area contributed by atoms with Crippen molar-refractivity contribution in [1.82, 2.24) is 15.3 Å². The number of aromatic nitrogens is 2. The van der Waals surface area contributed by atoms with E-state index in [1.54, 1.807) is 12.3 Å². The molecule has 3 heterocycles. The second kappa shape index (κ2) is 3.61. The van der Waals surface area contributed by atoms with Crippen molar-refractivity contribution in [3.05, 3.63) is 29.7 Å². The van der Waals surface area contributed by atoms with E-state index in [1.165, 1.54) is 5.56 Å². The number of hydrogen-bond donors (Lipinski definition) is 2. The first-order valence-electron chi connectivity index (χ1n) is 5.24.